The maximum absolute atomic E-state index is 12.5. The van der Waals surface area contributed by atoms with Crippen LogP contribution >= 0.6 is 23.4 Å². The molecule has 33 heavy (non-hydrogen) atoms. The number of benzene rings is 2. The normalized spacial score (nSPS) is 11.6. The molecule has 0 saturated carbocycles. The van der Waals surface area contributed by atoms with Gasteiger partial charge < -0.3 is 15.2 Å². The van der Waals surface area contributed by atoms with Gasteiger partial charge in [-0.3, -0.25) is 19.7 Å². The first-order chi connectivity index (χ1) is 15.7. The van der Waals surface area contributed by atoms with Gasteiger partial charge in [0.05, 0.1) is 33.0 Å². The topological polar surface area (TPSA) is 132 Å². The predicted octanol–water partition coefficient (Wildman–Crippen LogP) is 3.91. The Morgan fingerprint density at radius 2 is 1.97 bits per heavy atom. The van der Waals surface area contributed by atoms with Gasteiger partial charge in [0.15, 0.2) is 11.0 Å². The number of nitrogens with one attached hydrogen (secondary N) is 2. The van der Waals surface area contributed by atoms with E-state index in [1.165, 1.54) is 12.1 Å². The Bertz CT molecular complexity index is 1220. The van der Waals surface area contributed by atoms with E-state index in [1.807, 2.05) is 0 Å². The number of nitro groups is 1. The average Bonchev–Trinajstić information content (AvgIpc) is 3.14. The highest BCUT2D eigenvalue weighted by Crippen LogP contribution is 2.24. The molecule has 0 saturated heterocycles. The molecule has 0 aliphatic rings. The van der Waals surface area contributed by atoms with Gasteiger partial charge in [-0.15, -0.1) is 10.2 Å². The first-order valence-electron chi connectivity index (χ1n) is 9.79. The lowest BCUT2D eigenvalue weighted by atomic mass is 10.2. The van der Waals surface area contributed by atoms with Crippen LogP contribution in [0.2, 0.25) is 5.02 Å². The number of rotatable bonds is 8. The average molecular weight is 489 g/mol. The largest absolute Gasteiger partial charge is 0.342 e. The standard InChI is InChI=1S/C21H21ClN6O4S/c1-12-8-9-14(28(31)32)10-17(12)24-18(29)11-33-21-26-25-19(27(21)3)13(2)23-20(30)15-6-4-5-7-16(15)22/h4-10,13H,11H2,1-3H3,(H,23,30)(H,24,29)/t13-/m1/s1. The number of anilines is 1. The number of non-ortho nitro benzene ring substituents is 1. The molecule has 1 aromatic heterocycles. The Morgan fingerprint density at radius 1 is 1.24 bits per heavy atom. The number of hydrogen-bond acceptors (Lipinski definition) is 7. The number of aromatic nitrogens is 3. The van der Waals surface area contributed by atoms with E-state index in [2.05, 4.69) is 20.8 Å². The molecule has 0 aliphatic carbocycles. The number of nitro benzene ring substituents is 1. The zero-order valence-electron chi connectivity index (χ0n) is 18.0. The van der Waals surface area contributed by atoms with Crippen molar-refractivity contribution in [2.45, 2.75) is 25.0 Å². The second-order valence-electron chi connectivity index (χ2n) is 7.17. The van der Waals surface area contributed by atoms with E-state index in [0.29, 0.717) is 32.8 Å². The molecular formula is C21H21ClN6O4S. The van der Waals surface area contributed by atoms with Crippen molar-refractivity contribution >= 4 is 46.6 Å². The van der Waals surface area contributed by atoms with Crippen molar-refractivity contribution in [1.82, 2.24) is 20.1 Å². The Kier molecular flexibility index (Phi) is 7.67. The van der Waals surface area contributed by atoms with Gasteiger partial charge in [0.2, 0.25) is 5.91 Å². The summed E-state index contributed by atoms with van der Waals surface area (Å²) >= 11 is 7.23. The minimum absolute atomic E-state index is 0.0223. The molecule has 1 atom stereocenters. The molecule has 1 heterocycles. The van der Waals surface area contributed by atoms with E-state index in [9.17, 15) is 19.7 Å². The van der Waals surface area contributed by atoms with E-state index >= 15 is 0 Å². The molecule has 0 bridgehead atoms. The van der Waals surface area contributed by atoms with Crippen LogP contribution in [0.4, 0.5) is 11.4 Å². The van der Waals surface area contributed by atoms with Crippen LogP contribution in [0.5, 0.6) is 0 Å². The molecule has 0 spiro atoms. The summed E-state index contributed by atoms with van der Waals surface area (Å²) in [6.45, 7) is 3.52. The van der Waals surface area contributed by atoms with Gasteiger partial charge in [-0.25, -0.2) is 0 Å². The van der Waals surface area contributed by atoms with Gasteiger partial charge in [-0.1, -0.05) is 41.6 Å². The van der Waals surface area contributed by atoms with Crippen molar-refractivity contribution in [2.24, 2.45) is 7.05 Å². The molecule has 10 nitrogen and oxygen atoms in total. The maximum atomic E-state index is 12.5. The Hall–Kier alpha value is -3.44. The van der Waals surface area contributed by atoms with Crippen LogP contribution in [0.15, 0.2) is 47.6 Å². The van der Waals surface area contributed by atoms with Crippen LogP contribution in [0.25, 0.3) is 0 Å². The summed E-state index contributed by atoms with van der Waals surface area (Å²) in [6, 6.07) is 10.6. The van der Waals surface area contributed by atoms with Crippen LogP contribution in [0, 0.1) is 17.0 Å². The van der Waals surface area contributed by atoms with E-state index in [1.54, 1.807) is 55.8 Å². The zero-order valence-corrected chi connectivity index (χ0v) is 19.6. The highest BCUT2D eigenvalue weighted by molar-refractivity contribution is 7.99. The lowest BCUT2D eigenvalue weighted by Crippen LogP contribution is -2.28. The lowest BCUT2D eigenvalue weighted by Gasteiger charge is -2.14. The number of carbonyl (C=O) groups is 2. The van der Waals surface area contributed by atoms with E-state index in [4.69, 9.17) is 11.6 Å². The first-order valence-corrected chi connectivity index (χ1v) is 11.2. The first kappa shape index (κ1) is 24.2. The van der Waals surface area contributed by atoms with Crippen LogP contribution in [0.3, 0.4) is 0 Å². The molecule has 0 fully saturated rings. The van der Waals surface area contributed by atoms with Crippen LogP contribution in [-0.2, 0) is 11.8 Å². The predicted molar refractivity (Wildman–Crippen MR) is 126 cm³/mol. The molecule has 0 aliphatic heterocycles. The molecule has 0 unspecified atom stereocenters. The summed E-state index contributed by atoms with van der Waals surface area (Å²) in [5.41, 5.74) is 1.34. The minimum atomic E-state index is -0.517. The fourth-order valence-corrected chi connectivity index (χ4v) is 3.93. The van der Waals surface area contributed by atoms with Gasteiger partial charge in [0, 0.05) is 19.2 Å². The van der Waals surface area contributed by atoms with E-state index in [0.717, 1.165) is 11.8 Å². The number of nitrogens with zero attached hydrogens (tertiary/aromatic N) is 4. The number of carbonyl (C=O) groups excluding carboxylic acids is 2. The summed E-state index contributed by atoms with van der Waals surface area (Å²) in [5, 5.41) is 25.5. The number of halogens is 1. The van der Waals surface area contributed by atoms with Crippen LogP contribution in [-0.4, -0.2) is 37.3 Å². The fourth-order valence-electron chi connectivity index (χ4n) is 2.99. The van der Waals surface area contributed by atoms with Crippen molar-refractivity contribution in [2.75, 3.05) is 11.1 Å². The van der Waals surface area contributed by atoms with Crippen molar-refractivity contribution < 1.29 is 14.5 Å². The van der Waals surface area contributed by atoms with E-state index < -0.39 is 11.0 Å². The molecule has 2 N–H and O–H groups in total. The highest BCUT2D eigenvalue weighted by atomic mass is 35.5. The smallest absolute Gasteiger partial charge is 0.271 e. The summed E-state index contributed by atoms with van der Waals surface area (Å²) in [5.74, 6) is -0.146. The van der Waals surface area contributed by atoms with Gasteiger partial charge in [0.1, 0.15) is 0 Å². The number of aryl methyl sites for hydroxylation is 1. The molecule has 3 rings (SSSR count). The number of hydrogen-bond donors (Lipinski definition) is 2. The SMILES string of the molecule is Cc1ccc([N+](=O)[O-])cc1NC(=O)CSc1nnc([C@@H](C)NC(=O)c2ccccc2Cl)n1C. The number of amides is 2. The summed E-state index contributed by atoms with van der Waals surface area (Å²) in [6.07, 6.45) is 0. The molecule has 0 radical (unpaired) electrons. The lowest BCUT2D eigenvalue weighted by molar-refractivity contribution is -0.384. The molecule has 2 aromatic carbocycles. The second-order valence-corrected chi connectivity index (χ2v) is 8.52. The third-order valence-corrected chi connectivity index (χ3v) is 6.11. The van der Waals surface area contributed by atoms with E-state index in [-0.39, 0.29) is 23.3 Å². The Labute approximate surface area is 198 Å². The molecule has 12 heteroatoms. The van der Waals surface area contributed by atoms with Crippen molar-refractivity contribution in [3.63, 3.8) is 0 Å². The molecule has 172 valence electrons. The van der Waals surface area contributed by atoms with Gasteiger partial charge in [-0.05, 0) is 31.5 Å². The molecule has 2 amide bonds. The molecular weight excluding hydrogens is 468 g/mol. The Morgan fingerprint density at radius 3 is 2.67 bits per heavy atom. The summed E-state index contributed by atoms with van der Waals surface area (Å²) in [4.78, 5) is 35.3. The number of thioether (sulfide) groups is 1. The van der Waals surface area contributed by atoms with Gasteiger partial charge >= 0.3 is 0 Å². The molecule has 3 aromatic rings. The van der Waals surface area contributed by atoms with Crippen LogP contribution in [0.1, 0.15) is 34.7 Å². The fraction of sp³-hybridized carbons (Fsp3) is 0.238. The van der Waals surface area contributed by atoms with Crippen LogP contribution < -0.4 is 10.6 Å². The van der Waals surface area contributed by atoms with Crippen molar-refractivity contribution in [3.8, 4) is 0 Å². The van der Waals surface area contributed by atoms with Gasteiger partial charge in [-0.2, -0.15) is 0 Å². The third-order valence-electron chi connectivity index (χ3n) is 4.76. The highest BCUT2D eigenvalue weighted by Gasteiger charge is 2.20. The monoisotopic (exact) mass is 488 g/mol. The quantitative estimate of drug-likeness (QED) is 0.279. The second kappa shape index (κ2) is 10.5. The van der Waals surface area contributed by atoms with Crippen molar-refractivity contribution in [3.05, 3.63) is 74.6 Å². The maximum Gasteiger partial charge on any atom is 0.271 e. The third kappa shape index (κ3) is 5.88. The van der Waals surface area contributed by atoms with Gasteiger partial charge in [0.25, 0.3) is 11.6 Å². The van der Waals surface area contributed by atoms with Crippen molar-refractivity contribution in [1.29, 1.82) is 0 Å². The Balaban J connectivity index is 1.61. The zero-order chi connectivity index (χ0) is 24.1. The summed E-state index contributed by atoms with van der Waals surface area (Å²) < 4.78 is 1.69. The summed E-state index contributed by atoms with van der Waals surface area (Å²) in [7, 11) is 1.73. The minimum Gasteiger partial charge on any atom is -0.342 e.